The van der Waals surface area contributed by atoms with Crippen molar-refractivity contribution >= 4 is 41.5 Å². The highest BCUT2D eigenvalue weighted by molar-refractivity contribution is 5.58. The molecule has 6 aliphatic rings. The maximum absolute atomic E-state index is 14.5. The standard InChI is InChI=1S/C21H26F5N7.C20H22F6N6.C20H24F5N7.H4N2/c22-15-2-1-14(11-27)28-16(15)17-31-18(29-12-3-7-20(23,24)8-4-12)33-19(32-17)30-13-5-9-21(25,26)10-6-13;21-13-1-2-14(22)29-15(13)16-30-17(27-11-3-7-19(23,24)8-4-11)32-18(31-16)28-12-5-9-20(25,26)10-6-12;21-13-1-2-14(26)29-15(13)16-30-17(27-11-3-7-19(22,23)8-4-11)32-18(31-16)28-12-5-9-20(24,25)10-6-12;1-2/h1-2,12-13H,3-11,27H2,(H2,29,30,31,32,33);1-2,11-12H,3-10H2,(H2,27,28,30,31,32);1-2,11-12H,3-10H2,(H2,26,29)(H2,27,28,30,31,32);1-2H2. The maximum Gasteiger partial charge on any atom is 0.248 e. The molecule has 6 aromatic rings. The smallest absolute Gasteiger partial charge is 0.248 e. The summed E-state index contributed by atoms with van der Waals surface area (Å²) in [5.74, 6) is -11.4. The van der Waals surface area contributed by atoms with Gasteiger partial charge in [0.1, 0.15) is 22.9 Å². The minimum Gasteiger partial charge on any atom is -0.384 e. The first-order valence-electron chi connectivity index (χ1n) is 32.4. The fourth-order valence-corrected chi connectivity index (χ4v) is 12.0. The van der Waals surface area contributed by atoms with Gasteiger partial charge in [-0.05, 0) is 113 Å². The first kappa shape index (κ1) is 75.1. The van der Waals surface area contributed by atoms with Gasteiger partial charge in [-0.3, -0.25) is 11.7 Å². The molecule has 0 spiro atoms. The molecule has 542 valence electrons. The summed E-state index contributed by atoms with van der Waals surface area (Å²) in [5.41, 5.74) is 11.0. The molecule has 6 fully saturated rings. The summed E-state index contributed by atoms with van der Waals surface area (Å²) in [7, 11) is 0. The number of pyridine rings is 3. The summed E-state index contributed by atoms with van der Waals surface area (Å²) in [6.45, 7) is 0.0845. The summed E-state index contributed by atoms with van der Waals surface area (Å²) in [4.78, 5) is 49.6. The second-order valence-electron chi connectivity index (χ2n) is 25.4. The molecule has 6 aliphatic carbocycles. The topological polar surface area (TPSA) is 331 Å². The highest BCUT2D eigenvalue weighted by atomic mass is 19.3. The Morgan fingerprint density at radius 2 is 0.525 bits per heavy atom. The predicted octanol–water partition coefficient (Wildman–Crippen LogP) is 13.2. The van der Waals surface area contributed by atoms with E-state index in [1.807, 2.05) is 0 Å². The van der Waals surface area contributed by atoms with Crippen molar-refractivity contribution in [3.05, 3.63) is 65.5 Å². The summed E-state index contributed by atoms with van der Waals surface area (Å²) in [5, 5.41) is 18.0. The van der Waals surface area contributed by atoms with Gasteiger partial charge in [0.15, 0.2) is 34.9 Å². The van der Waals surface area contributed by atoms with Crippen LogP contribution in [0.2, 0.25) is 0 Å². The highest BCUT2D eigenvalue weighted by Gasteiger charge is 2.41. The van der Waals surface area contributed by atoms with Crippen LogP contribution in [0.4, 0.5) is 112 Å². The van der Waals surface area contributed by atoms with Crippen LogP contribution in [0.5, 0.6) is 0 Å². The van der Waals surface area contributed by atoms with E-state index in [1.165, 1.54) is 18.2 Å². The van der Waals surface area contributed by atoms with Crippen molar-refractivity contribution in [2.75, 3.05) is 37.6 Å². The zero-order valence-corrected chi connectivity index (χ0v) is 53.3. The molecule has 12 rings (SSSR count). The Kier molecular flexibility index (Phi) is 24.3. The molecule has 0 bridgehead atoms. The van der Waals surface area contributed by atoms with E-state index < -0.39 is 64.6 Å². The number of hydrazine groups is 1. The lowest BCUT2D eigenvalue weighted by Crippen LogP contribution is -2.33. The molecule has 14 N–H and O–H groups in total. The Labute approximate surface area is 557 Å². The molecule has 6 saturated carbocycles. The van der Waals surface area contributed by atoms with Crippen LogP contribution in [-0.2, 0) is 6.54 Å². The number of halogens is 16. The van der Waals surface area contributed by atoms with Crippen molar-refractivity contribution in [3.63, 3.8) is 0 Å². The fraction of sp³-hybridized carbons (Fsp3) is 0.607. The van der Waals surface area contributed by atoms with E-state index in [9.17, 15) is 70.2 Å². The van der Waals surface area contributed by atoms with Gasteiger partial charge in [0.05, 0.1) is 5.69 Å². The van der Waals surface area contributed by atoms with Crippen LogP contribution in [-0.4, -0.2) is 132 Å². The van der Waals surface area contributed by atoms with E-state index in [1.54, 1.807) is 0 Å². The molecule has 0 aromatic carbocycles. The third kappa shape index (κ3) is 22.2. The Morgan fingerprint density at radius 3 is 0.778 bits per heavy atom. The van der Waals surface area contributed by atoms with Gasteiger partial charge in [-0.15, -0.1) is 0 Å². The average molecular weight is 1420 g/mol. The molecule has 99 heavy (non-hydrogen) atoms. The zero-order chi connectivity index (χ0) is 71.5. The van der Waals surface area contributed by atoms with E-state index in [0.29, 0.717) is 5.69 Å². The molecule has 6 heterocycles. The maximum atomic E-state index is 14.5. The van der Waals surface area contributed by atoms with Crippen molar-refractivity contribution in [3.8, 4) is 34.6 Å². The molecule has 0 saturated heterocycles. The quantitative estimate of drug-likeness (QED) is 0.0186. The summed E-state index contributed by atoms with van der Waals surface area (Å²) < 4.78 is 218. The van der Waals surface area contributed by atoms with E-state index in [4.69, 9.17) is 11.5 Å². The molecule has 0 atom stereocenters. The van der Waals surface area contributed by atoms with Crippen LogP contribution in [0.3, 0.4) is 0 Å². The second kappa shape index (κ2) is 32.0. The number of anilines is 7. The van der Waals surface area contributed by atoms with Gasteiger partial charge < -0.3 is 43.4 Å². The SMILES string of the molecule is Fc1ccc(F)c(-c2nc(NC3CCC(F)(F)CC3)nc(NC3CCC(F)(F)CC3)n2)n1.NCc1ccc(F)c(-c2nc(NC3CCC(F)(F)CC3)nc(NC3CCC(F)(F)CC3)n2)n1.NN.Nc1ccc(F)c(-c2nc(NC3CCC(F)(F)CC3)nc(NC3CCC(F)(F)CC3)n2)n1. The second-order valence-corrected chi connectivity index (χ2v) is 25.4. The number of rotatable bonds is 16. The average Bonchev–Trinajstić information content (AvgIpc) is 0.815. The third-order valence-electron chi connectivity index (χ3n) is 17.6. The summed E-state index contributed by atoms with van der Waals surface area (Å²) in [6, 6.07) is 5.00. The van der Waals surface area contributed by atoms with Crippen molar-refractivity contribution < 1.29 is 70.2 Å². The first-order chi connectivity index (χ1) is 46.8. The predicted molar refractivity (Wildman–Crippen MR) is 335 cm³/mol. The molecule has 0 amide bonds. The van der Waals surface area contributed by atoms with E-state index in [2.05, 4.69) is 103 Å². The normalized spacial score (nSPS) is 20.8. The summed E-state index contributed by atoms with van der Waals surface area (Å²) in [6.07, 6.45) is -0.657. The lowest BCUT2D eigenvalue weighted by atomic mass is 9.92. The van der Waals surface area contributed by atoms with Gasteiger partial charge in [-0.1, -0.05) is 0 Å². The van der Waals surface area contributed by atoms with E-state index in [-0.39, 0.29) is 267 Å². The van der Waals surface area contributed by atoms with Crippen LogP contribution in [0, 0.1) is 23.4 Å². The van der Waals surface area contributed by atoms with Crippen LogP contribution in [0.25, 0.3) is 34.6 Å². The number of nitrogens with two attached hydrogens (primary N) is 4. The zero-order valence-electron chi connectivity index (χ0n) is 53.3. The molecule has 38 heteroatoms. The Hall–Kier alpha value is -8.16. The van der Waals surface area contributed by atoms with Crippen LogP contribution >= 0.6 is 0 Å². The lowest BCUT2D eigenvalue weighted by molar-refractivity contribution is -0.0367. The number of nitrogen functional groups attached to an aromatic ring is 1. The Bertz CT molecular complexity index is 3320. The number of hydrogen-bond acceptors (Lipinski definition) is 22. The van der Waals surface area contributed by atoms with Gasteiger partial charge in [0.2, 0.25) is 77.2 Å². The number of nitrogens with one attached hydrogen (secondary N) is 6. The summed E-state index contributed by atoms with van der Waals surface area (Å²) >= 11 is 0. The third-order valence-corrected chi connectivity index (χ3v) is 17.6. The van der Waals surface area contributed by atoms with Crippen molar-refractivity contribution in [2.45, 2.75) is 232 Å². The molecule has 0 aliphatic heterocycles. The molecule has 22 nitrogen and oxygen atoms in total. The number of nitrogens with zero attached hydrogens (tertiary/aromatic N) is 12. The van der Waals surface area contributed by atoms with Gasteiger partial charge >= 0.3 is 0 Å². The van der Waals surface area contributed by atoms with E-state index in [0.717, 1.165) is 18.2 Å². The van der Waals surface area contributed by atoms with Crippen LogP contribution in [0.15, 0.2) is 36.4 Å². The van der Waals surface area contributed by atoms with Crippen molar-refractivity contribution in [1.29, 1.82) is 0 Å². The van der Waals surface area contributed by atoms with E-state index >= 15 is 0 Å². The molecular weight excluding hydrogens is 1340 g/mol. The van der Waals surface area contributed by atoms with Gasteiger partial charge in [0.25, 0.3) is 0 Å². The van der Waals surface area contributed by atoms with Crippen molar-refractivity contribution in [2.24, 2.45) is 17.4 Å². The molecule has 6 aromatic heterocycles. The minimum atomic E-state index is -2.72. The number of alkyl halides is 12. The van der Waals surface area contributed by atoms with Gasteiger partial charge in [-0.25, -0.2) is 80.8 Å². The molecule has 0 radical (unpaired) electrons. The van der Waals surface area contributed by atoms with Gasteiger partial charge in [0, 0.05) is 120 Å². The van der Waals surface area contributed by atoms with Gasteiger partial charge in [-0.2, -0.15) is 49.2 Å². The Morgan fingerprint density at radius 1 is 0.303 bits per heavy atom. The molecule has 0 unspecified atom stereocenters. The number of aromatic nitrogens is 12. The highest BCUT2D eigenvalue weighted by Crippen LogP contribution is 2.40. The largest absolute Gasteiger partial charge is 0.384 e. The monoisotopic (exact) mass is 1420 g/mol. The van der Waals surface area contributed by atoms with Crippen LogP contribution < -0.4 is 55.1 Å². The number of hydrogen-bond donors (Lipinski definition) is 10. The van der Waals surface area contributed by atoms with Crippen LogP contribution in [0.1, 0.15) is 160 Å². The fourth-order valence-electron chi connectivity index (χ4n) is 12.0. The lowest BCUT2D eigenvalue weighted by Gasteiger charge is -2.30. The molecular formula is C61H76F16N22. The minimum absolute atomic E-state index is 0.0145. The Balaban J connectivity index is 0.000000171. The first-order valence-corrected chi connectivity index (χ1v) is 32.4. The van der Waals surface area contributed by atoms with Crippen molar-refractivity contribution in [1.82, 2.24) is 59.8 Å².